The number of oxazole rings is 1. The highest BCUT2D eigenvalue weighted by atomic mass is 35.5. The monoisotopic (exact) mass is 450 g/mol. The molecule has 0 amide bonds. The van der Waals surface area contributed by atoms with Crippen molar-refractivity contribution < 1.29 is 27.2 Å². The Morgan fingerprint density at radius 3 is 2.37 bits per heavy atom. The van der Waals surface area contributed by atoms with Crippen molar-refractivity contribution in [1.29, 1.82) is 0 Å². The van der Waals surface area contributed by atoms with Crippen LogP contribution < -0.4 is 4.31 Å². The van der Waals surface area contributed by atoms with Crippen molar-refractivity contribution in [1.82, 2.24) is 4.98 Å². The van der Waals surface area contributed by atoms with Crippen LogP contribution in [0.3, 0.4) is 0 Å². The fraction of sp³-hybridized carbons (Fsp3) is 0.133. The number of aromatic nitrogens is 1. The molecule has 0 bridgehead atoms. The molecule has 3 aromatic rings. The van der Waals surface area contributed by atoms with Gasteiger partial charge >= 0.3 is 7.60 Å². The predicted octanol–water partition coefficient (Wildman–Crippen LogP) is 3.77. The molecule has 0 saturated heterocycles. The van der Waals surface area contributed by atoms with Crippen molar-refractivity contribution in [3.63, 3.8) is 0 Å². The molecule has 12 heteroatoms. The van der Waals surface area contributed by atoms with E-state index in [1.165, 1.54) is 24.3 Å². The van der Waals surface area contributed by atoms with E-state index >= 15 is 0 Å². The van der Waals surface area contributed by atoms with Gasteiger partial charge in [-0.05, 0) is 30.3 Å². The van der Waals surface area contributed by atoms with E-state index in [4.69, 9.17) is 27.6 Å². The summed E-state index contributed by atoms with van der Waals surface area (Å²) in [4.78, 5) is 22.6. The number of hydrogen-bond donors (Lipinski definition) is 2. The maximum atomic E-state index is 13.1. The van der Waals surface area contributed by atoms with E-state index in [0.717, 1.165) is 12.1 Å². The maximum Gasteiger partial charge on any atom is 0.345 e. The standard InChI is InChI=1S/C15H13Cl2N2O6PS/c1-9-18-14-3-2-12(7-15(14)25-9)19(8-26(20,21)22)27(23,24)13-5-10(16)4-11(17)6-13/h2-7H,8H2,1H3,(H2,20,21,22). The predicted molar refractivity (Wildman–Crippen MR) is 102 cm³/mol. The Hall–Kier alpha value is -1.61. The highest BCUT2D eigenvalue weighted by Gasteiger charge is 2.32. The molecule has 0 aliphatic heterocycles. The number of aryl methyl sites for hydroxylation is 1. The average Bonchev–Trinajstić information content (AvgIpc) is 2.89. The van der Waals surface area contributed by atoms with E-state index in [0.29, 0.717) is 15.7 Å². The summed E-state index contributed by atoms with van der Waals surface area (Å²) in [7, 11) is -9.13. The average molecular weight is 451 g/mol. The molecule has 0 saturated carbocycles. The van der Waals surface area contributed by atoms with Crippen LogP contribution in [0.4, 0.5) is 5.69 Å². The summed E-state index contributed by atoms with van der Waals surface area (Å²) in [6.45, 7) is 1.62. The normalized spacial score (nSPS) is 12.5. The maximum absolute atomic E-state index is 13.1. The molecule has 0 unspecified atom stereocenters. The van der Waals surface area contributed by atoms with Gasteiger partial charge in [-0.15, -0.1) is 0 Å². The van der Waals surface area contributed by atoms with Crippen LogP contribution in [0.5, 0.6) is 0 Å². The molecule has 0 aliphatic carbocycles. The Morgan fingerprint density at radius 2 is 1.78 bits per heavy atom. The van der Waals surface area contributed by atoms with Gasteiger partial charge in [0, 0.05) is 23.0 Å². The highest BCUT2D eigenvalue weighted by Crippen LogP contribution is 2.40. The van der Waals surface area contributed by atoms with Crippen molar-refractivity contribution >= 4 is 57.6 Å². The zero-order chi connectivity index (χ0) is 20.0. The molecule has 1 heterocycles. The van der Waals surface area contributed by atoms with E-state index in [9.17, 15) is 22.8 Å². The van der Waals surface area contributed by atoms with Crippen molar-refractivity contribution in [2.45, 2.75) is 11.8 Å². The first kappa shape index (κ1) is 20.1. The molecule has 3 rings (SSSR count). The van der Waals surface area contributed by atoms with Gasteiger partial charge in [0.15, 0.2) is 11.5 Å². The van der Waals surface area contributed by atoms with Gasteiger partial charge in [-0.3, -0.25) is 8.87 Å². The van der Waals surface area contributed by atoms with Crippen molar-refractivity contribution in [2.24, 2.45) is 0 Å². The number of nitrogens with zero attached hydrogens (tertiary/aromatic N) is 2. The lowest BCUT2D eigenvalue weighted by molar-refractivity contribution is 0.373. The highest BCUT2D eigenvalue weighted by molar-refractivity contribution is 7.93. The fourth-order valence-electron chi connectivity index (χ4n) is 2.45. The van der Waals surface area contributed by atoms with Gasteiger partial charge in [0.2, 0.25) is 0 Å². The summed E-state index contributed by atoms with van der Waals surface area (Å²) in [6, 6.07) is 7.85. The molecular formula is C15H13Cl2N2O6PS. The van der Waals surface area contributed by atoms with Crippen LogP contribution in [0.15, 0.2) is 45.7 Å². The zero-order valence-electron chi connectivity index (χ0n) is 13.7. The van der Waals surface area contributed by atoms with Gasteiger partial charge in [-0.1, -0.05) is 23.2 Å². The van der Waals surface area contributed by atoms with Gasteiger partial charge < -0.3 is 14.2 Å². The molecule has 8 nitrogen and oxygen atoms in total. The minimum Gasteiger partial charge on any atom is -0.441 e. The first-order valence-electron chi connectivity index (χ1n) is 7.36. The molecule has 0 spiro atoms. The number of halogens is 2. The molecule has 0 fully saturated rings. The number of rotatable bonds is 5. The minimum absolute atomic E-state index is 0.00178. The van der Waals surface area contributed by atoms with Crippen LogP contribution in [0.1, 0.15) is 5.89 Å². The van der Waals surface area contributed by atoms with Crippen LogP contribution in [-0.4, -0.2) is 29.5 Å². The lowest BCUT2D eigenvalue weighted by atomic mass is 10.3. The lowest BCUT2D eigenvalue weighted by Gasteiger charge is -2.24. The number of hydrogen-bond acceptors (Lipinski definition) is 5. The Morgan fingerprint density at radius 1 is 1.15 bits per heavy atom. The minimum atomic E-state index is -4.75. The zero-order valence-corrected chi connectivity index (χ0v) is 16.9. The second-order valence-corrected chi connectivity index (χ2v) is 10.00. The molecule has 0 aliphatic rings. The van der Waals surface area contributed by atoms with E-state index < -0.39 is 23.9 Å². The SMILES string of the molecule is Cc1nc2ccc(N(CP(=O)(O)O)S(=O)(=O)c3cc(Cl)cc(Cl)c3)cc2o1. The molecule has 0 radical (unpaired) electrons. The number of benzene rings is 2. The molecule has 0 atom stereocenters. The van der Waals surface area contributed by atoms with Crippen molar-refractivity contribution in [3.8, 4) is 0 Å². The molecule has 1 aromatic heterocycles. The Bertz CT molecular complexity index is 1150. The van der Waals surface area contributed by atoms with E-state index in [1.807, 2.05) is 0 Å². The van der Waals surface area contributed by atoms with Crippen LogP contribution in [-0.2, 0) is 14.6 Å². The summed E-state index contributed by atoms with van der Waals surface area (Å²) >= 11 is 11.8. The molecule has 27 heavy (non-hydrogen) atoms. The number of fused-ring (bicyclic) bond motifs is 1. The molecule has 144 valence electrons. The summed E-state index contributed by atoms with van der Waals surface area (Å²) in [5.41, 5.74) is 0.758. The molecule has 2 N–H and O–H groups in total. The summed E-state index contributed by atoms with van der Waals surface area (Å²) in [5.74, 6) is 0.369. The smallest absolute Gasteiger partial charge is 0.345 e. The number of anilines is 1. The second-order valence-electron chi connectivity index (χ2n) is 5.65. The van der Waals surface area contributed by atoms with E-state index in [2.05, 4.69) is 4.98 Å². The third-order valence-corrected chi connectivity index (χ3v) is 6.53. The largest absolute Gasteiger partial charge is 0.441 e. The van der Waals surface area contributed by atoms with Crippen molar-refractivity contribution in [3.05, 3.63) is 52.3 Å². The fourth-order valence-corrected chi connectivity index (χ4v) is 5.86. The van der Waals surface area contributed by atoms with E-state index in [-0.39, 0.29) is 26.2 Å². The Kier molecular flexibility index (Phi) is 5.28. The molecular weight excluding hydrogens is 438 g/mol. The van der Waals surface area contributed by atoms with Gasteiger partial charge in [0.25, 0.3) is 10.0 Å². The van der Waals surface area contributed by atoms with Crippen LogP contribution in [0.2, 0.25) is 10.0 Å². The lowest BCUT2D eigenvalue weighted by Crippen LogP contribution is -2.32. The van der Waals surface area contributed by atoms with Gasteiger partial charge in [-0.25, -0.2) is 13.4 Å². The summed E-state index contributed by atoms with van der Waals surface area (Å²) < 4.78 is 43.7. The first-order valence-corrected chi connectivity index (χ1v) is 11.4. The quantitative estimate of drug-likeness (QED) is 0.567. The number of sulfonamides is 1. The van der Waals surface area contributed by atoms with E-state index in [1.54, 1.807) is 6.92 Å². The van der Waals surface area contributed by atoms with Gasteiger partial charge in [0.05, 0.1) is 10.6 Å². The van der Waals surface area contributed by atoms with Crippen LogP contribution in [0.25, 0.3) is 11.1 Å². The molecule has 2 aromatic carbocycles. The van der Waals surface area contributed by atoms with Crippen LogP contribution in [0, 0.1) is 6.92 Å². The Labute approximate surface area is 164 Å². The summed E-state index contributed by atoms with van der Waals surface area (Å²) in [5, 5.41) is 0.136. The summed E-state index contributed by atoms with van der Waals surface area (Å²) in [6.07, 6.45) is -1.07. The van der Waals surface area contributed by atoms with Crippen LogP contribution >= 0.6 is 30.8 Å². The van der Waals surface area contributed by atoms with Gasteiger partial charge in [-0.2, -0.15) is 0 Å². The van der Waals surface area contributed by atoms with Gasteiger partial charge in [0.1, 0.15) is 11.8 Å². The Balaban J connectivity index is 2.18. The van der Waals surface area contributed by atoms with Crippen molar-refractivity contribution in [2.75, 3.05) is 10.6 Å². The first-order chi connectivity index (χ1) is 12.5. The third kappa shape index (κ3) is 4.45. The third-order valence-electron chi connectivity index (χ3n) is 3.50. The topological polar surface area (TPSA) is 121 Å². The second kappa shape index (κ2) is 7.09.